The van der Waals surface area contributed by atoms with E-state index in [9.17, 15) is 0 Å². The number of hydrogen-bond donors (Lipinski definition) is 1. The Morgan fingerprint density at radius 1 is 1.36 bits per heavy atom. The third kappa shape index (κ3) is 1.46. The monoisotopic (exact) mass is 189 g/mol. The third-order valence-corrected chi connectivity index (χ3v) is 3.35. The lowest BCUT2D eigenvalue weighted by molar-refractivity contribution is 0.513. The molecular formula is C13H19N. The first-order valence-corrected chi connectivity index (χ1v) is 5.48. The van der Waals surface area contributed by atoms with Gasteiger partial charge in [0.1, 0.15) is 0 Å². The van der Waals surface area contributed by atoms with E-state index in [1.165, 1.54) is 16.7 Å². The van der Waals surface area contributed by atoms with E-state index >= 15 is 0 Å². The van der Waals surface area contributed by atoms with E-state index in [0.717, 1.165) is 6.42 Å². The van der Waals surface area contributed by atoms with Crippen molar-refractivity contribution in [2.45, 2.75) is 39.2 Å². The van der Waals surface area contributed by atoms with Gasteiger partial charge in [0, 0.05) is 6.04 Å². The quantitative estimate of drug-likeness (QED) is 0.722. The Morgan fingerprint density at radius 2 is 2.07 bits per heavy atom. The molecule has 14 heavy (non-hydrogen) atoms. The van der Waals surface area contributed by atoms with Gasteiger partial charge in [0.05, 0.1) is 0 Å². The minimum absolute atomic E-state index is 0.253. The molecule has 76 valence electrons. The lowest BCUT2D eigenvalue weighted by Gasteiger charge is -2.12. The molecule has 1 aromatic carbocycles. The standard InChI is InChI=1S/C13H19N/c1-8(2)10-4-5-11-6-9(3)13(14)12(11)7-10/h4-5,7-9,13H,6,14H2,1-3H3. The molecule has 1 nitrogen and oxygen atoms in total. The first kappa shape index (κ1) is 9.72. The van der Waals surface area contributed by atoms with Crippen LogP contribution in [0.2, 0.25) is 0 Å². The summed E-state index contributed by atoms with van der Waals surface area (Å²) in [6, 6.07) is 7.06. The zero-order valence-electron chi connectivity index (χ0n) is 9.25. The second-order valence-corrected chi connectivity index (χ2v) is 4.82. The van der Waals surface area contributed by atoms with E-state index in [0.29, 0.717) is 11.8 Å². The van der Waals surface area contributed by atoms with Crippen LogP contribution in [0, 0.1) is 5.92 Å². The highest BCUT2D eigenvalue weighted by molar-refractivity contribution is 5.39. The third-order valence-electron chi connectivity index (χ3n) is 3.35. The predicted octanol–water partition coefficient (Wildman–Crippen LogP) is 3.00. The van der Waals surface area contributed by atoms with Gasteiger partial charge < -0.3 is 5.73 Å². The lowest BCUT2D eigenvalue weighted by Crippen LogP contribution is -2.13. The molecule has 0 saturated heterocycles. The summed E-state index contributed by atoms with van der Waals surface area (Å²) >= 11 is 0. The maximum atomic E-state index is 6.16. The Morgan fingerprint density at radius 3 is 2.71 bits per heavy atom. The Balaban J connectivity index is 2.41. The fourth-order valence-corrected chi connectivity index (χ4v) is 2.25. The van der Waals surface area contributed by atoms with Crippen molar-refractivity contribution >= 4 is 0 Å². The summed E-state index contributed by atoms with van der Waals surface area (Å²) in [5.74, 6) is 1.20. The van der Waals surface area contributed by atoms with Gasteiger partial charge in [-0.15, -0.1) is 0 Å². The molecule has 0 bridgehead atoms. The van der Waals surface area contributed by atoms with Crippen molar-refractivity contribution in [3.8, 4) is 0 Å². The normalized spacial score (nSPS) is 25.5. The van der Waals surface area contributed by atoms with Gasteiger partial charge in [-0.1, -0.05) is 39.0 Å². The first-order valence-electron chi connectivity index (χ1n) is 5.48. The zero-order valence-corrected chi connectivity index (χ0v) is 9.25. The maximum absolute atomic E-state index is 6.16. The van der Waals surface area contributed by atoms with Crippen molar-refractivity contribution in [3.63, 3.8) is 0 Å². The van der Waals surface area contributed by atoms with Crippen molar-refractivity contribution in [1.29, 1.82) is 0 Å². The Hall–Kier alpha value is -0.820. The molecule has 1 aliphatic rings. The highest BCUT2D eigenvalue weighted by atomic mass is 14.7. The topological polar surface area (TPSA) is 26.0 Å². The maximum Gasteiger partial charge on any atom is 0.0326 e. The number of rotatable bonds is 1. The summed E-state index contributed by atoms with van der Waals surface area (Å²) in [4.78, 5) is 0. The van der Waals surface area contributed by atoms with Gasteiger partial charge >= 0.3 is 0 Å². The van der Waals surface area contributed by atoms with Crippen LogP contribution in [-0.2, 0) is 6.42 Å². The molecule has 0 radical (unpaired) electrons. The molecular weight excluding hydrogens is 170 g/mol. The smallest absolute Gasteiger partial charge is 0.0326 e. The number of nitrogens with two attached hydrogens (primary N) is 1. The van der Waals surface area contributed by atoms with Crippen molar-refractivity contribution < 1.29 is 0 Å². The van der Waals surface area contributed by atoms with Crippen LogP contribution in [0.25, 0.3) is 0 Å². The number of benzene rings is 1. The second kappa shape index (κ2) is 3.39. The average molecular weight is 189 g/mol. The van der Waals surface area contributed by atoms with Crippen LogP contribution in [-0.4, -0.2) is 0 Å². The lowest BCUT2D eigenvalue weighted by atomic mass is 9.97. The summed E-state index contributed by atoms with van der Waals surface area (Å²) < 4.78 is 0. The Kier molecular flexibility index (Phi) is 2.36. The van der Waals surface area contributed by atoms with Crippen molar-refractivity contribution in [3.05, 3.63) is 34.9 Å². The summed E-state index contributed by atoms with van der Waals surface area (Å²) in [5.41, 5.74) is 10.4. The van der Waals surface area contributed by atoms with E-state index < -0.39 is 0 Å². The summed E-state index contributed by atoms with van der Waals surface area (Å²) in [7, 11) is 0. The van der Waals surface area contributed by atoms with Crippen molar-refractivity contribution in [1.82, 2.24) is 0 Å². The van der Waals surface area contributed by atoms with E-state index in [1.807, 2.05) is 0 Å². The Bertz CT molecular complexity index is 341. The average Bonchev–Trinajstić information content (AvgIpc) is 2.43. The molecule has 1 aliphatic carbocycles. The molecule has 0 fully saturated rings. The van der Waals surface area contributed by atoms with Crippen LogP contribution >= 0.6 is 0 Å². The van der Waals surface area contributed by atoms with E-state index in [1.54, 1.807) is 0 Å². The minimum Gasteiger partial charge on any atom is -0.324 e. The largest absolute Gasteiger partial charge is 0.324 e. The number of fused-ring (bicyclic) bond motifs is 1. The van der Waals surface area contributed by atoms with Crippen molar-refractivity contribution in [2.75, 3.05) is 0 Å². The highest BCUT2D eigenvalue weighted by Crippen LogP contribution is 2.35. The second-order valence-electron chi connectivity index (χ2n) is 4.82. The minimum atomic E-state index is 0.253. The number of hydrogen-bond acceptors (Lipinski definition) is 1. The molecule has 0 aliphatic heterocycles. The molecule has 2 unspecified atom stereocenters. The van der Waals surface area contributed by atoms with Gasteiger partial charge in [-0.05, 0) is 34.9 Å². The molecule has 2 atom stereocenters. The summed E-state index contributed by atoms with van der Waals surface area (Å²) in [6.07, 6.45) is 1.15. The molecule has 2 rings (SSSR count). The van der Waals surface area contributed by atoms with Crippen LogP contribution < -0.4 is 5.73 Å². The van der Waals surface area contributed by atoms with Gasteiger partial charge in [0.15, 0.2) is 0 Å². The molecule has 2 N–H and O–H groups in total. The molecule has 0 saturated carbocycles. The molecule has 0 amide bonds. The van der Waals surface area contributed by atoms with Crippen LogP contribution in [0.1, 0.15) is 49.4 Å². The van der Waals surface area contributed by atoms with Gasteiger partial charge in [-0.2, -0.15) is 0 Å². The van der Waals surface area contributed by atoms with E-state index in [4.69, 9.17) is 5.73 Å². The van der Waals surface area contributed by atoms with E-state index in [2.05, 4.69) is 39.0 Å². The molecule has 0 aromatic heterocycles. The molecule has 0 heterocycles. The zero-order chi connectivity index (χ0) is 10.3. The predicted molar refractivity (Wildman–Crippen MR) is 60.3 cm³/mol. The van der Waals surface area contributed by atoms with Crippen LogP contribution in [0.5, 0.6) is 0 Å². The van der Waals surface area contributed by atoms with Gasteiger partial charge in [0.25, 0.3) is 0 Å². The van der Waals surface area contributed by atoms with Gasteiger partial charge in [-0.25, -0.2) is 0 Å². The molecule has 0 spiro atoms. The molecule has 1 aromatic rings. The molecule has 1 heteroatoms. The fourth-order valence-electron chi connectivity index (χ4n) is 2.25. The van der Waals surface area contributed by atoms with Crippen LogP contribution in [0.15, 0.2) is 18.2 Å². The van der Waals surface area contributed by atoms with Gasteiger partial charge in [-0.3, -0.25) is 0 Å². The fraction of sp³-hybridized carbons (Fsp3) is 0.538. The van der Waals surface area contributed by atoms with Crippen LogP contribution in [0.3, 0.4) is 0 Å². The Labute approximate surface area is 86.3 Å². The van der Waals surface area contributed by atoms with E-state index in [-0.39, 0.29) is 6.04 Å². The summed E-state index contributed by atoms with van der Waals surface area (Å²) in [5, 5.41) is 0. The highest BCUT2D eigenvalue weighted by Gasteiger charge is 2.26. The SMILES string of the molecule is CC(C)c1ccc2c(c1)C(N)C(C)C2. The summed E-state index contributed by atoms with van der Waals surface area (Å²) in [6.45, 7) is 6.69. The first-order chi connectivity index (χ1) is 6.59. The van der Waals surface area contributed by atoms with Crippen LogP contribution in [0.4, 0.5) is 0 Å². The van der Waals surface area contributed by atoms with Gasteiger partial charge in [0.2, 0.25) is 0 Å². The van der Waals surface area contributed by atoms with Crippen molar-refractivity contribution in [2.24, 2.45) is 11.7 Å².